The van der Waals surface area contributed by atoms with Crippen molar-refractivity contribution >= 4 is 16.3 Å². The van der Waals surface area contributed by atoms with Gasteiger partial charge in [0.05, 0.1) is 26.5 Å². The SMILES string of the molecule is CCc1nn2c(CO)c(-c3ccc(OC)cc3OC)nc2s1. The van der Waals surface area contributed by atoms with Crippen LogP contribution in [0, 0.1) is 0 Å². The molecule has 0 aliphatic heterocycles. The number of rotatable bonds is 5. The first-order valence-corrected chi connectivity index (χ1v) is 7.74. The molecule has 0 aliphatic rings. The van der Waals surface area contributed by atoms with Gasteiger partial charge in [0.15, 0.2) is 0 Å². The Morgan fingerprint density at radius 1 is 1.27 bits per heavy atom. The average molecular weight is 319 g/mol. The third kappa shape index (κ3) is 2.32. The number of benzene rings is 1. The lowest BCUT2D eigenvalue weighted by molar-refractivity contribution is 0.275. The van der Waals surface area contributed by atoms with Gasteiger partial charge >= 0.3 is 0 Å². The van der Waals surface area contributed by atoms with Crippen LogP contribution in [0.25, 0.3) is 16.2 Å². The summed E-state index contributed by atoms with van der Waals surface area (Å²) in [5, 5.41) is 15.2. The molecule has 0 bridgehead atoms. The Kier molecular flexibility index (Phi) is 4.00. The predicted molar refractivity (Wildman–Crippen MR) is 84.7 cm³/mol. The van der Waals surface area contributed by atoms with E-state index in [0.29, 0.717) is 22.9 Å². The molecule has 0 saturated carbocycles. The molecule has 1 aromatic carbocycles. The number of ether oxygens (including phenoxy) is 2. The van der Waals surface area contributed by atoms with Crippen LogP contribution in [0.5, 0.6) is 11.5 Å². The smallest absolute Gasteiger partial charge is 0.213 e. The highest BCUT2D eigenvalue weighted by atomic mass is 32.1. The van der Waals surface area contributed by atoms with Gasteiger partial charge in [-0.15, -0.1) is 0 Å². The van der Waals surface area contributed by atoms with E-state index in [0.717, 1.165) is 22.0 Å². The van der Waals surface area contributed by atoms with Crippen LogP contribution in [-0.4, -0.2) is 33.9 Å². The molecular weight excluding hydrogens is 302 g/mol. The molecule has 0 unspecified atom stereocenters. The van der Waals surface area contributed by atoms with Crippen molar-refractivity contribution in [3.8, 4) is 22.8 Å². The number of hydrogen-bond donors (Lipinski definition) is 1. The molecular formula is C15H17N3O3S. The standard InChI is InChI=1S/C15H17N3O3S/c1-4-13-17-18-11(8-19)14(16-15(18)22-13)10-6-5-9(20-2)7-12(10)21-3/h5-7,19H,4,8H2,1-3H3. The van der Waals surface area contributed by atoms with E-state index in [4.69, 9.17) is 9.47 Å². The van der Waals surface area contributed by atoms with E-state index in [1.54, 1.807) is 24.8 Å². The molecule has 6 nitrogen and oxygen atoms in total. The zero-order chi connectivity index (χ0) is 15.7. The van der Waals surface area contributed by atoms with Crippen molar-refractivity contribution in [1.82, 2.24) is 14.6 Å². The Morgan fingerprint density at radius 2 is 2.09 bits per heavy atom. The van der Waals surface area contributed by atoms with Gasteiger partial charge in [0.25, 0.3) is 0 Å². The molecule has 0 spiro atoms. The molecule has 0 saturated heterocycles. The first-order chi connectivity index (χ1) is 10.7. The zero-order valence-corrected chi connectivity index (χ0v) is 13.5. The van der Waals surface area contributed by atoms with Crippen LogP contribution >= 0.6 is 11.3 Å². The van der Waals surface area contributed by atoms with E-state index >= 15 is 0 Å². The average Bonchev–Trinajstić information content (AvgIpc) is 3.10. The van der Waals surface area contributed by atoms with E-state index in [1.807, 2.05) is 19.1 Å². The second kappa shape index (κ2) is 5.94. The topological polar surface area (TPSA) is 68.9 Å². The molecule has 116 valence electrons. The van der Waals surface area contributed by atoms with Gasteiger partial charge in [0.1, 0.15) is 22.2 Å². The van der Waals surface area contributed by atoms with Crippen LogP contribution in [-0.2, 0) is 13.0 Å². The van der Waals surface area contributed by atoms with E-state index < -0.39 is 0 Å². The number of methoxy groups -OCH3 is 2. The Bertz CT molecular complexity index is 810. The molecule has 0 radical (unpaired) electrons. The van der Waals surface area contributed by atoms with Crippen LogP contribution < -0.4 is 9.47 Å². The molecule has 2 heterocycles. The molecule has 2 aromatic heterocycles. The van der Waals surface area contributed by atoms with E-state index in [2.05, 4.69) is 10.1 Å². The highest BCUT2D eigenvalue weighted by Crippen LogP contribution is 2.35. The maximum Gasteiger partial charge on any atom is 0.213 e. The minimum Gasteiger partial charge on any atom is -0.497 e. The lowest BCUT2D eigenvalue weighted by Gasteiger charge is -2.09. The highest BCUT2D eigenvalue weighted by Gasteiger charge is 2.20. The second-order valence-electron chi connectivity index (χ2n) is 4.68. The van der Waals surface area contributed by atoms with Crippen molar-refractivity contribution in [1.29, 1.82) is 0 Å². The lowest BCUT2D eigenvalue weighted by Crippen LogP contribution is -1.98. The Labute approximate surface area is 132 Å². The quantitative estimate of drug-likeness (QED) is 0.782. The fourth-order valence-corrected chi connectivity index (χ4v) is 3.18. The number of aliphatic hydroxyl groups is 1. The Hall–Kier alpha value is -2.12. The first kappa shape index (κ1) is 14.8. The number of fused-ring (bicyclic) bond motifs is 1. The normalized spacial score (nSPS) is 11.1. The third-order valence-corrected chi connectivity index (χ3v) is 4.51. The van der Waals surface area contributed by atoms with Crippen LogP contribution in [0.3, 0.4) is 0 Å². The van der Waals surface area contributed by atoms with Crippen LogP contribution in [0.4, 0.5) is 0 Å². The van der Waals surface area contributed by atoms with Crippen molar-refractivity contribution in [2.24, 2.45) is 0 Å². The van der Waals surface area contributed by atoms with Gasteiger partial charge in [-0.2, -0.15) is 5.10 Å². The summed E-state index contributed by atoms with van der Waals surface area (Å²) in [4.78, 5) is 5.40. The maximum atomic E-state index is 9.75. The van der Waals surface area contributed by atoms with Crippen LogP contribution in [0.15, 0.2) is 18.2 Å². The van der Waals surface area contributed by atoms with E-state index in [9.17, 15) is 5.11 Å². The minimum atomic E-state index is -0.140. The number of aliphatic hydroxyl groups excluding tert-OH is 1. The van der Waals surface area contributed by atoms with Crippen molar-refractivity contribution < 1.29 is 14.6 Å². The summed E-state index contributed by atoms with van der Waals surface area (Å²) in [6.07, 6.45) is 0.847. The van der Waals surface area contributed by atoms with Crippen molar-refractivity contribution in [2.45, 2.75) is 20.0 Å². The largest absolute Gasteiger partial charge is 0.497 e. The first-order valence-electron chi connectivity index (χ1n) is 6.92. The highest BCUT2D eigenvalue weighted by molar-refractivity contribution is 7.16. The Morgan fingerprint density at radius 3 is 2.73 bits per heavy atom. The van der Waals surface area contributed by atoms with Crippen LogP contribution in [0.1, 0.15) is 17.6 Å². The van der Waals surface area contributed by atoms with Gasteiger partial charge < -0.3 is 14.6 Å². The predicted octanol–water partition coefficient (Wildman–Crippen LogP) is 2.53. The zero-order valence-electron chi connectivity index (χ0n) is 12.7. The number of imidazole rings is 1. The summed E-state index contributed by atoms with van der Waals surface area (Å²) < 4.78 is 12.4. The van der Waals surface area contributed by atoms with Gasteiger partial charge in [-0.05, 0) is 18.6 Å². The molecule has 0 fully saturated rings. The molecule has 3 rings (SSSR count). The summed E-state index contributed by atoms with van der Waals surface area (Å²) in [6, 6.07) is 5.52. The van der Waals surface area contributed by atoms with Gasteiger partial charge in [-0.25, -0.2) is 9.50 Å². The van der Waals surface area contributed by atoms with Crippen LogP contribution in [0.2, 0.25) is 0 Å². The summed E-state index contributed by atoms with van der Waals surface area (Å²) in [7, 11) is 3.21. The number of aromatic nitrogens is 3. The summed E-state index contributed by atoms with van der Waals surface area (Å²) >= 11 is 1.53. The summed E-state index contributed by atoms with van der Waals surface area (Å²) in [5.74, 6) is 1.36. The summed E-state index contributed by atoms with van der Waals surface area (Å²) in [6.45, 7) is 1.91. The fourth-order valence-electron chi connectivity index (χ4n) is 2.32. The Balaban J connectivity index is 2.19. The molecule has 0 amide bonds. The van der Waals surface area contributed by atoms with Crippen molar-refractivity contribution in [3.63, 3.8) is 0 Å². The number of aryl methyl sites for hydroxylation is 1. The van der Waals surface area contributed by atoms with Crippen molar-refractivity contribution in [3.05, 3.63) is 28.9 Å². The maximum absolute atomic E-state index is 9.75. The second-order valence-corrected chi connectivity index (χ2v) is 5.72. The van der Waals surface area contributed by atoms with Crippen molar-refractivity contribution in [2.75, 3.05) is 14.2 Å². The molecule has 22 heavy (non-hydrogen) atoms. The number of nitrogens with zero attached hydrogens (tertiary/aromatic N) is 3. The number of hydrogen-bond acceptors (Lipinski definition) is 6. The van der Waals surface area contributed by atoms with Gasteiger partial charge in [-0.1, -0.05) is 18.3 Å². The van der Waals surface area contributed by atoms with E-state index in [1.165, 1.54) is 11.3 Å². The molecule has 7 heteroatoms. The third-order valence-electron chi connectivity index (χ3n) is 3.45. The minimum absolute atomic E-state index is 0.140. The molecule has 0 atom stereocenters. The lowest BCUT2D eigenvalue weighted by atomic mass is 10.1. The molecule has 1 N–H and O–H groups in total. The summed E-state index contributed by atoms with van der Waals surface area (Å²) in [5.41, 5.74) is 2.15. The fraction of sp³-hybridized carbons (Fsp3) is 0.333. The van der Waals surface area contributed by atoms with Gasteiger partial charge in [-0.3, -0.25) is 0 Å². The molecule has 0 aliphatic carbocycles. The van der Waals surface area contributed by atoms with E-state index in [-0.39, 0.29) is 6.61 Å². The van der Waals surface area contributed by atoms with Gasteiger partial charge in [0.2, 0.25) is 4.96 Å². The van der Waals surface area contributed by atoms with Gasteiger partial charge in [0, 0.05) is 11.6 Å². The monoisotopic (exact) mass is 319 g/mol. The molecule has 3 aromatic rings.